The lowest BCUT2D eigenvalue weighted by atomic mass is 9.95. The van der Waals surface area contributed by atoms with E-state index in [1.165, 1.54) is 32.1 Å². The lowest BCUT2D eigenvalue weighted by molar-refractivity contribution is 0.102. The van der Waals surface area contributed by atoms with Crippen molar-refractivity contribution in [3.63, 3.8) is 0 Å². The summed E-state index contributed by atoms with van der Waals surface area (Å²) in [4.78, 5) is 16.8. The Morgan fingerprint density at radius 1 is 1.20 bits per heavy atom. The van der Waals surface area contributed by atoms with Crippen LogP contribution in [-0.4, -0.2) is 23.5 Å². The molecule has 1 saturated carbocycles. The number of pyridine rings is 1. The molecule has 5 nitrogen and oxygen atoms in total. The maximum Gasteiger partial charge on any atom is 0.257 e. The molecule has 1 heterocycles. The maximum atomic E-state index is 12.6. The van der Waals surface area contributed by atoms with E-state index in [4.69, 9.17) is 4.74 Å². The van der Waals surface area contributed by atoms with Gasteiger partial charge in [0.1, 0.15) is 5.75 Å². The summed E-state index contributed by atoms with van der Waals surface area (Å²) in [5, 5.41) is 6.42. The number of carbonyl (C=O) groups is 1. The van der Waals surface area contributed by atoms with Crippen molar-refractivity contribution in [3.05, 3.63) is 48.3 Å². The second kappa shape index (κ2) is 8.51. The predicted octanol–water partition coefficient (Wildman–Crippen LogP) is 4.48. The van der Waals surface area contributed by atoms with E-state index in [1.54, 1.807) is 12.4 Å². The molecule has 2 N–H and O–H groups in total. The third kappa shape index (κ3) is 4.72. The van der Waals surface area contributed by atoms with Crippen LogP contribution in [0, 0.1) is 0 Å². The standard InChI is InChI=1S/C20H25N3O2/c1-2-25-19-11-7-6-10-18(19)23-20(24)15-12-17(14-21-13-15)22-16-8-4-3-5-9-16/h6-7,10-14,16,22H,2-5,8-9H2,1H3,(H,23,24). The highest BCUT2D eigenvalue weighted by Crippen LogP contribution is 2.25. The zero-order valence-corrected chi connectivity index (χ0v) is 14.6. The quantitative estimate of drug-likeness (QED) is 0.814. The molecule has 3 rings (SSSR count). The highest BCUT2D eigenvalue weighted by atomic mass is 16.5. The highest BCUT2D eigenvalue weighted by molar-refractivity contribution is 6.05. The minimum absolute atomic E-state index is 0.188. The first-order valence-corrected chi connectivity index (χ1v) is 9.01. The van der Waals surface area contributed by atoms with Gasteiger partial charge in [-0.1, -0.05) is 31.4 Å². The summed E-state index contributed by atoms with van der Waals surface area (Å²) in [6.45, 7) is 2.47. The van der Waals surface area contributed by atoms with E-state index < -0.39 is 0 Å². The summed E-state index contributed by atoms with van der Waals surface area (Å²) >= 11 is 0. The number of hydrogen-bond donors (Lipinski definition) is 2. The van der Waals surface area contributed by atoms with Gasteiger partial charge >= 0.3 is 0 Å². The van der Waals surface area contributed by atoms with E-state index in [1.807, 2.05) is 37.3 Å². The lowest BCUT2D eigenvalue weighted by Gasteiger charge is -2.23. The third-order valence-corrected chi connectivity index (χ3v) is 4.41. The monoisotopic (exact) mass is 339 g/mol. The van der Waals surface area contributed by atoms with Gasteiger partial charge in [-0.2, -0.15) is 0 Å². The first kappa shape index (κ1) is 17.3. The van der Waals surface area contributed by atoms with E-state index in [-0.39, 0.29) is 5.91 Å². The summed E-state index contributed by atoms with van der Waals surface area (Å²) in [7, 11) is 0. The Kier molecular flexibility index (Phi) is 5.88. The number of anilines is 2. The molecule has 0 saturated heterocycles. The van der Waals surface area contributed by atoms with Gasteiger partial charge in [-0.05, 0) is 38.0 Å². The van der Waals surface area contributed by atoms with Gasteiger partial charge in [0, 0.05) is 18.4 Å². The van der Waals surface area contributed by atoms with Crippen LogP contribution in [-0.2, 0) is 0 Å². The largest absolute Gasteiger partial charge is 0.492 e. The number of carbonyl (C=O) groups excluding carboxylic acids is 1. The Hall–Kier alpha value is -2.56. The van der Waals surface area contributed by atoms with Crippen molar-refractivity contribution >= 4 is 17.3 Å². The Bertz CT molecular complexity index is 712. The van der Waals surface area contributed by atoms with Gasteiger partial charge in [-0.15, -0.1) is 0 Å². The fraction of sp³-hybridized carbons (Fsp3) is 0.400. The average molecular weight is 339 g/mol. The highest BCUT2D eigenvalue weighted by Gasteiger charge is 2.15. The molecular weight excluding hydrogens is 314 g/mol. The topological polar surface area (TPSA) is 63.2 Å². The van der Waals surface area contributed by atoms with Crippen LogP contribution in [0.4, 0.5) is 11.4 Å². The number of nitrogens with one attached hydrogen (secondary N) is 2. The van der Waals surface area contributed by atoms with Crippen LogP contribution in [0.5, 0.6) is 5.75 Å². The van der Waals surface area contributed by atoms with Crippen molar-refractivity contribution in [2.45, 2.75) is 45.1 Å². The zero-order chi connectivity index (χ0) is 17.5. The fourth-order valence-corrected chi connectivity index (χ4v) is 3.17. The molecule has 0 aliphatic heterocycles. The smallest absolute Gasteiger partial charge is 0.257 e. The number of nitrogens with zero attached hydrogens (tertiary/aromatic N) is 1. The van der Waals surface area contributed by atoms with Crippen LogP contribution in [0.1, 0.15) is 49.4 Å². The van der Waals surface area contributed by atoms with Crippen molar-refractivity contribution in [1.29, 1.82) is 0 Å². The Morgan fingerprint density at radius 2 is 2.00 bits per heavy atom. The van der Waals surface area contributed by atoms with Crippen molar-refractivity contribution < 1.29 is 9.53 Å². The number of aromatic nitrogens is 1. The fourth-order valence-electron chi connectivity index (χ4n) is 3.17. The molecule has 25 heavy (non-hydrogen) atoms. The normalized spacial score (nSPS) is 14.8. The molecule has 0 bridgehead atoms. The van der Waals surface area contributed by atoms with Gasteiger partial charge < -0.3 is 15.4 Å². The SMILES string of the molecule is CCOc1ccccc1NC(=O)c1cncc(NC2CCCCC2)c1. The minimum atomic E-state index is -0.188. The molecule has 1 aromatic heterocycles. The Morgan fingerprint density at radius 3 is 2.80 bits per heavy atom. The first-order chi connectivity index (χ1) is 12.3. The molecule has 0 unspecified atom stereocenters. The molecule has 0 spiro atoms. The van der Waals surface area contributed by atoms with Crippen LogP contribution >= 0.6 is 0 Å². The summed E-state index contributed by atoms with van der Waals surface area (Å²) in [5.41, 5.74) is 2.10. The van der Waals surface area contributed by atoms with Gasteiger partial charge in [0.2, 0.25) is 0 Å². The van der Waals surface area contributed by atoms with E-state index in [2.05, 4.69) is 15.6 Å². The van der Waals surface area contributed by atoms with E-state index in [9.17, 15) is 4.79 Å². The molecule has 1 fully saturated rings. The summed E-state index contributed by atoms with van der Waals surface area (Å²) in [6.07, 6.45) is 9.57. The maximum absolute atomic E-state index is 12.6. The minimum Gasteiger partial charge on any atom is -0.492 e. The second-order valence-corrected chi connectivity index (χ2v) is 6.32. The summed E-state index contributed by atoms with van der Waals surface area (Å²) in [6, 6.07) is 9.78. The van der Waals surface area contributed by atoms with Gasteiger partial charge in [0.05, 0.1) is 23.5 Å². The van der Waals surface area contributed by atoms with Crippen LogP contribution in [0.15, 0.2) is 42.7 Å². The van der Waals surface area contributed by atoms with E-state index in [0.717, 1.165) is 5.69 Å². The molecule has 1 aromatic carbocycles. The molecule has 1 aliphatic carbocycles. The molecule has 1 amide bonds. The van der Waals surface area contributed by atoms with E-state index >= 15 is 0 Å². The van der Waals surface area contributed by atoms with Gasteiger partial charge in [0.25, 0.3) is 5.91 Å². The van der Waals surface area contributed by atoms with Crippen LogP contribution < -0.4 is 15.4 Å². The Balaban J connectivity index is 1.69. The first-order valence-electron chi connectivity index (χ1n) is 9.01. The number of hydrogen-bond acceptors (Lipinski definition) is 4. The number of rotatable bonds is 6. The van der Waals surface area contributed by atoms with Crippen molar-refractivity contribution in [2.75, 3.05) is 17.2 Å². The van der Waals surface area contributed by atoms with Crippen molar-refractivity contribution in [2.24, 2.45) is 0 Å². The number of para-hydroxylation sites is 2. The van der Waals surface area contributed by atoms with E-state index in [0.29, 0.717) is 29.6 Å². The molecule has 132 valence electrons. The lowest BCUT2D eigenvalue weighted by Crippen LogP contribution is -2.22. The number of ether oxygens (including phenoxy) is 1. The molecule has 1 aliphatic rings. The predicted molar refractivity (Wildman–Crippen MR) is 100 cm³/mol. The summed E-state index contributed by atoms with van der Waals surface area (Å²) < 4.78 is 5.56. The number of benzene rings is 1. The molecule has 0 radical (unpaired) electrons. The van der Waals surface area contributed by atoms with Crippen LogP contribution in [0.2, 0.25) is 0 Å². The molecule has 0 atom stereocenters. The van der Waals surface area contributed by atoms with Crippen LogP contribution in [0.3, 0.4) is 0 Å². The van der Waals surface area contributed by atoms with Crippen molar-refractivity contribution in [3.8, 4) is 5.75 Å². The Labute approximate surface area is 148 Å². The molecular formula is C20H25N3O2. The molecule has 2 aromatic rings. The van der Waals surface area contributed by atoms with Gasteiger partial charge in [0.15, 0.2) is 0 Å². The van der Waals surface area contributed by atoms with Gasteiger partial charge in [-0.3, -0.25) is 9.78 Å². The number of amides is 1. The zero-order valence-electron chi connectivity index (χ0n) is 14.6. The molecule has 5 heteroatoms. The second-order valence-electron chi connectivity index (χ2n) is 6.32. The van der Waals surface area contributed by atoms with Crippen LogP contribution in [0.25, 0.3) is 0 Å². The third-order valence-electron chi connectivity index (χ3n) is 4.41. The van der Waals surface area contributed by atoms with Gasteiger partial charge in [-0.25, -0.2) is 0 Å². The average Bonchev–Trinajstić information content (AvgIpc) is 2.64. The van der Waals surface area contributed by atoms with Crippen molar-refractivity contribution in [1.82, 2.24) is 4.98 Å². The summed E-state index contributed by atoms with van der Waals surface area (Å²) in [5.74, 6) is 0.481.